The minimum Gasteiger partial charge on any atom is -0.256 e. The third kappa shape index (κ3) is 2.68. The van der Waals surface area contributed by atoms with E-state index in [9.17, 15) is 0 Å². The van der Waals surface area contributed by atoms with Crippen LogP contribution in [-0.2, 0) is 0 Å². The molecule has 2 aromatic carbocycles. The Morgan fingerprint density at radius 2 is 1.21 bits per heavy atom. The normalized spacial score (nSPS) is 10.5. The van der Waals surface area contributed by atoms with Crippen LogP contribution in [0.1, 0.15) is 0 Å². The molecule has 3 nitrogen and oxygen atoms in total. The lowest BCUT2D eigenvalue weighted by Gasteiger charge is -2.14. The van der Waals surface area contributed by atoms with Gasteiger partial charge in [-0.2, -0.15) is 0 Å². The maximum atomic E-state index is 4.51. The average molecular weight is 309 g/mol. The van der Waals surface area contributed by atoms with Crippen LogP contribution in [0.3, 0.4) is 0 Å². The largest absolute Gasteiger partial charge is 0.256 e. The monoisotopic (exact) mass is 309 g/mol. The molecule has 0 fully saturated rings. The molecule has 0 spiro atoms. The van der Waals surface area contributed by atoms with Gasteiger partial charge in [0.15, 0.2) is 5.82 Å². The fourth-order valence-corrected chi connectivity index (χ4v) is 2.82. The van der Waals surface area contributed by atoms with Crippen LogP contribution in [0.4, 0.5) is 0 Å². The van der Waals surface area contributed by atoms with Gasteiger partial charge in [0.25, 0.3) is 0 Å². The fourth-order valence-electron chi connectivity index (χ4n) is 2.82. The Kier molecular flexibility index (Phi) is 3.82. The summed E-state index contributed by atoms with van der Waals surface area (Å²) in [5, 5.41) is 0. The Morgan fingerprint density at radius 1 is 0.500 bits per heavy atom. The van der Waals surface area contributed by atoms with Crippen LogP contribution >= 0.6 is 0 Å². The van der Waals surface area contributed by atoms with Gasteiger partial charge < -0.3 is 0 Å². The standard InChI is InChI=1S/C21H15N3/c1-2-8-16(9-3-1)17-10-6-11-18(19-12-4-5-13-22-19)20(17)21-23-14-7-15-24-21/h1-15H. The van der Waals surface area contributed by atoms with Crippen molar-refractivity contribution in [2.45, 2.75) is 0 Å². The topological polar surface area (TPSA) is 38.7 Å². The molecule has 2 heterocycles. The lowest BCUT2D eigenvalue weighted by Crippen LogP contribution is -1.95. The smallest absolute Gasteiger partial charge is 0.160 e. The van der Waals surface area contributed by atoms with Crippen molar-refractivity contribution in [1.82, 2.24) is 15.0 Å². The second-order valence-electron chi connectivity index (χ2n) is 5.38. The summed E-state index contributed by atoms with van der Waals surface area (Å²) in [6.07, 6.45) is 5.35. The zero-order valence-corrected chi connectivity index (χ0v) is 13.0. The molecule has 0 aliphatic carbocycles. The average Bonchev–Trinajstić information content (AvgIpc) is 2.69. The van der Waals surface area contributed by atoms with Gasteiger partial charge in [-0.3, -0.25) is 4.98 Å². The summed E-state index contributed by atoms with van der Waals surface area (Å²) in [5.74, 6) is 0.706. The minimum atomic E-state index is 0.706. The third-order valence-electron chi connectivity index (χ3n) is 3.88. The van der Waals surface area contributed by atoms with E-state index >= 15 is 0 Å². The molecule has 0 aliphatic rings. The van der Waals surface area contributed by atoms with E-state index in [2.05, 4.69) is 45.3 Å². The van der Waals surface area contributed by atoms with E-state index in [1.807, 2.05) is 42.5 Å². The van der Waals surface area contributed by atoms with Crippen LogP contribution in [0.2, 0.25) is 0 Å². The predicted octanol–water partition coefficient (Wildman–Crippen LogP) is 4.87. The van der Waals surface area contributed by atoms with Crippen molar-refractivity contribution in [1.29, 1.82) is 0 Å². The molecule has 0 radical (unpaired) electrons. The molecule has 0 atom stereocenters. The highest BCUT2D eigenvalue weighted by atomic mass is 14.9. The SMILES string of the molecule is c1ccc(-c2cccc(-c3ccccn3)c2-c2ncccn2)cc1. The molecule has 2 aromatic heterocycles. The van der Waals surface area contributed by atoms with E-state index in [4.69, 9.17) is 0 Å². The number of rotatable bonds is 3. The van der Waals surface area contributed by atoms with Crippen molar-refractivity contribution >= 4 is 0 Å². The van der Waals surface area contributed by atoms with Crippen molar-refractivity contribution in [2.24, 2.45) is 0 Å². The maximum Gasteiger partial charge on any atom is 0.160 e. The number of benzene rings is 2. The Hall–Kier alpha value is -3.33. The van der Waals surface area contributed by atoms with E-state index < -0.39 is 0 Å². The van der Waals surface area contributed by atoms with Crippen molar-refractivity contribution in [2.75, 3.05) is 0 Å². The molecule has 4 aromatic rings. The summed E-state index contributed by atoms with van der Waals surface area (Å²) < 4.78 is 0. The van der Waals surface area contributed by atoms with E-state index in [-0.39, 0.29) is 0 Å². The second-order valence-corrected chi connectivity index (χ2v) is 5.38. The van der Waals surface area contributed by atoms with Crippen LogP contribution in [0, 0.1) is 0 Å². The van der Waals surface area contributed by atoms with Gasteiger partial charge in [0.05, 0.1) is 5.69 Å². The lowest BCUT2D eigenvalue weighted by molar-refractivity contribution is 1.17. The quantitative estimate of drug-likeness (QED) is 0.542. The number of nitrogens with zero attached hydrogens (tertiary/aromatic N) is 3. The zero-order valence-electron chi connectivity index (χ0n) is 13.0. The van der Waals surface area contributed by atoms with Crippen LogP contribution in [0.5, 0.6) is 0 Å². The molecular formula is C21H15N3. The van der Waals surface area contributed by atoms with Gasteiger partial charge in [-0.05, 0) is 29.3 Å². The molecule has 0 unspecified atom stereocenters. The first kappa shape index (κ1) is 14.3. The van der Waals surface area contributed by atoms with Crippen LogP contribution < -0.4 is 0 Å². The third-order valence-corrected chi connectivity index (χ3v) is 3.88. The minimum absolute atomic E-state index is 0.706. The van der Waals surface area contributed by atoms with Gasteiger partial charge in [0, 0.05) is 29.7 Å². The summed E-state index contributed by atoms with van der Waals surface area (Å²) in [4.78, 5) is 13.5. The van der Waals surface area contributed by atoms with E-state index in [1.165, 1.54) is 0 Å². The predicted molar refractivity (Wildman–Crippen MR) is 96.1 cm³/mol. The van der Waals surface area contributed by atoms with Gasteiger partial charge in [-0.25, -0.2) is 9.97 Å². The summed E-state index contributed by atoms with van der Waals surface area (Å²) >= 11 is 0. The number of aromatic nitrogens is 3. The fraction of sp³-hybridized carbons (Fsp3) is 0. The van der Waals surface area contributed by atoms with Crippen molar-refractivity contribution in [3.63, 3.8) is 0 Å². The highest BCUT2D eigenvalue weighted by Crippen LogP contribution is 2.37. The molecule has 0 bridgehead atoms. The Labute approximate surface area is 140 Å². The number of hydrogen-bond acceptors (Lipinski definition) is 3. The van der Waals surface area contributed by atoms with E-state index in [0.717, 1.165) is 27.9 Å². The van der Waals surface area contributed by atoms with E-state index in [0.29, 0.717) is 5.82 Å². The highest BCUT2D eigenvalue weighted by molar-refractivity contribution is 5.91. The molecule has 4 rings (SSSR count). The first-order valence-electron chi connectivity index (χ1n) is 7.81. The Morgan fingerprint density at radius 3 is 1.96 bits per heavy atom. The molecular weight excluding hydrogens is 294 g/mol. The molecule has 3 heteroatoms. The summed E-state index contributed by atoms with van der Waals surface area (Å²) in [6.45, 7) is 0. The molecule has 0 amide bonds. The van der Waals surface area contributed by atoms with Crippen LogP contribution in [0.15, 0.2) is 91.4 Å². The first-order chi connectivity index (χ1) is 11.9. The van der Waals surface area contributed by atoms with E-state index in [1.54, 1.807) is 18.6 Å². The molecule has 24 heavy (non-hydrogen) atoms. The molecule has 114 valence electrons. The van der Waals surface area contributed by atoms with Gasteiger partial charge in [-0.15, -0.1) is 0 Å². The van der Waals surface area contributed by atoms with Gasteiger partial charge in [0.2, 0.25) is 0 Å². The van der Waals surface area contributed by atoms with Crippen molar-refractivity contribution in [3.8, 4) is 33.8 Å². The van der Waals surface area contributed by atoms with Gasteiger partial charge in [0.1, 0.15) is 0 Å². The van der Waals surface area contributed by atoms with Gasteiger partial charge >= 0.3 is 0 Å². The number of hydrogen-bond donors (Lipinski definition) is 0. The summed E-state index contributed by atoms with van der Waals surface area (Å²) in [6, 6.07) is 24.3. The molecule has 0 aliphatic heterocycles. The Balaban J connectivity index is 2.02. The van der Waals surface area contributed by atoms with Gasteiger partial charge in [-0.1, -0.05) is 54.6 Å². The maximum absolute atomic E-state index is 4.51. The second kappa shape index (κ2) is 6.42. The van der Waals surface area contributed by atoms with Crippen LogP contribution in [-0.4, -0.2) is 15.0 Å². The van der Waals surface area contributed by atoms with Crippen molar-refractivity contribution in [3.05, 3.63) is 91.4 Å². The summed E-state index contributed by atoms with van der Waals surface area (Å²) in [5.41, 5.74) is 5.19. The van der Waals surface area contributed by atoms with Crippen molar-refractivity contribution < 1.29 is 0 Å². The molecule has 0 N–H and O–H groups in total. The Bertz CT molecular complexity index is 879. The molecule has 0 saturated carbocycles. The first-order valence-corrected chi connectivity index (χ1v) is 7.81. The summed E-state index contributed by atoms with van der Waals surface area (Å²) in [7, 11) is 0. The zero-order chi connectivity index (χ0) is 16.2. The highest BCUT2D eigenvalue weighted by Gasteiger charge is 2.16. The lowest BCUT2D eigenvalue weighted by atomic mass is 9.93. The number of pyridine rings is 1. The molecule has 0 saturated heterocycles. The van der Waals surface area contributed by atoms with Crippen LogP contribution in [0.25, 0.3) is 33.8 Å².